The number of hydrogen-bond acceptors (Lipinski definition) is 5. The first-order valence-corrected chi connectivity index (χ1v) is 12.5. The zero-order chi connectivity index (χ0) is 24.3. The Hall–Kier alpha value is -2.88. The second-order valence-corrected chi connectivity index (χ2v) is 9.13. The number of benzene rings is 2. The third-order valence-electron chi connectivity index (χ3n) is 6.54. The highest BCUT2D eigenvalue weighted by molar-refractivity contribution is 5.88. The fourth-order valence-corrected chi connectivity index (χ4v) is 4.60. The average Bonchev–Trinajstić information content (AvgIpc) is 2.83. The molecule has 1 aliphatic rings. The lowest BCUT2D eigenvalue weighted by atomic mass is 9.95. The van der Waals surface area contributed by atoms with Crippen LogP contribution in [0.3, 0.4) is 0 Å². The highest BCUT2D eigenvalue weighted by Crippen LogP contribution is 2.29. The maximum Gasteiger partial charge on any atom is 0.221 e. The van der Waals surface area contributed by atoms with Crippen LogP contribution in [0, 0.1) is 18.3 Å². The van der Waals surface area contributed by atoms with Gasteiger partial charge in [0.1, 0.15) is 12.4 Å². The summed E-state index contributed by atoms with van der Waals surface area (Å²) in [5, 5.41) is 12.1. The Labute approximate surface area is 204 Å². The predicted octanol–water partition coefficient (Wildman–Crippen LogP) is 5.14. The molecular weight excluding hydrogens is 424 g/mol. The SMILES string of the molecule is CCCCCC(c1ccc(C#N)c(C)c1)N1CCN(CCOc2ccc(NC(C)=O)cc2)CC1. The van der Waals surface area contributed by atoms with Crippen LogP contribution in [-0.2, 0) is 4.79 Å². The number of nitriles is 1. The Morgan fingerprint density at radius 3 is 2.47 bits per heavy atom. The minimum atomic E-state index is -0.0743. The number of piperazine rings is 1. The molecule has 1 atom stereocenters. The lowest BCUT2D eigenvalue weighted by molar-refractivity contribution is -0.114. The van der Waals surface area contributed by atoms with E-state index in [2.05, 4.69) is 40.2 Å². The van der Waals surface area contributed by atoms with E-state index in [9.17, 15) is 10.1 Å². The van der Waals surface area contributed by atoms with Crippen molar-refractivity contribution in [2.24, 2.45) is 0 Å². The van der Waals surface area contributed by atoms with Crippen molar-refractivity contribution >= 4 is 11.6 Å². The molecule has 0 radical (unpaired) electrons. The van der Waals surface area contributed by atoms with Gasteiger partial charge in [-0.25, -0.2) is 0 Å². The number of hydrogen-bond donors (Lipinski definition) is 1. The maximum atomic E-state index is 11.1. The molecule has 2 aromatic carbocycles. The van der Waals surface area contributed by atoms with Crippen LogP contribution in [0.25, 0.3) is 0 Å². The molecule has 0 spiro atoms. The number of amides is 1. The maximum absolute atomic E-state index is 11.1. The van der Waals surface area contributed by atoms with Gasteiger partial charge in [0.25, 0.3) is 0 Å². The predicted molar refractivity (Wildman–Crippen MR) is 137 cm³/mol. The molecule has 1 aliphatic heterocycles. The standard InChI is InChI=1S/C28H38N4O2/c1-4-5-6-7-28(24-8-9-25(21-29)22(2)20-24)32-16-14-31(15-17-32)18-19-34-27-12-10-26(11-13-27)30-23(3)33/h8-13,20,28H,4-7,14-19H2,1-3H3,(H,30,33). The first-order chi connectivity index (χ1) is 16.5. The fourth-order valence-electron chi connectivity index (χ4n) is 4.60. The van der Waals surface area contributed by atoms with E-state index in [-0.39, 0.29) is 5.91 Å². The van der Waals surface area contributed by atoms with Gasteiger partial charge in [-0.2, -0.15) is 5.26 Å². The number of aryl methyl sites for hydroxylation is 1. The Morgan fingerprint density at radius 1 is 1.12 bits per heavy atom. The van der Waals surface area contributed by atoms with Crippen molar-refractivity contribution in [3.05, 3.63) is 59.2 Å². The van der Waals surface area contributed by atoms with Crippen LogP contribution in [0.1, 0.15) is 62.3 Å². The molecule has 0 aromatic heterocycles. The summed E-state index contributed by atoms with van der Waals surface area (Å²) < 4.78 is 5.92. The summed E-state index contributed by atoms with van der Waals surface area (Å²) in [6.07, 6.45) is 4.88. The van der Waals surface area contributed by atoms with E-state index in [0.717, 1.165) is 61.7 Å². The smallest absolute Gasteiger partial charge is 0.221 e. The van der Waals surface area contributed by atoms with Crippen molar-refractivity contribution in [1.29, 1.82) is 5.26 Å². The fraction of sp³-hybridized carbons (Fsp3) is 0.500. The summed E-state index contributed by atoms with van der Waals surface area (Å²) in [7, 11) is 0. The molecule has 0 aliphatic carbocycles. The molecule has 6 nitrogen and oxygen atoms in total. The quantitative estimate of drug-likeness (QED) is 0.468. The van der Waals surface area contributed by atoms with E-state index < -0.39 is 0 Å². The van der Waals surface area contributed by atoms with Crippen molar-refractivity contribution in [2.45, 2.75) is 52.5 Å². The third kappa shape index (κ3) is 7.58. The summed E-state index contributed by atoms with van der Waals surface area (Å²) in [6.45, 7) is 11.5. The van der Waals surface area contributed by atoms with Gasteiger partial charge < -0.3 is 10.1 Å². The van der Waals surface area contributed by atoms with E-state index in [1.807, 2.05) is 37.3 Å². The zero-order valence-electron chi connectivity index (χ0n) is 20.8. The second kappa shape index (κ2) is 13.1. The van der Waals surface area contributed by atoms with Crippen LogP contribution in [-0.4, -0.2) is 55.0 Å². The van der Waals surface area contributed by atoms with Crippen LogP contribution < -0.4 is 10.1 Å². The number of anilines is 1. The molecule has 0 bridgehead atoms. The Morgan fingerprint density at radius 2 is 1.85 bits per heavy atom. The molecular formula is C28H38N4O2. The molecule has 2 aromatic rings. The molecule has 0 saturated carbocycles. The zero-order valence-corrected chi connectivity index (χ0v) is 20.8. The topological polar surface area (TPSA) is 68.6 Å². The molecule has 3 rings (SSSR count). The van der Waals surface area contributed by atoms with Gasteiger partial charge in [0, 0.05) is 51.4 Å². The lowest BCUT2D eigenvalue weighted by Gasteiger charge is -2.39. The highest BCUT2D eigenvalue weighted by atomic mass is 16.5. The average molecular weight is 463 g/mol. The van der Waals surface area contributed by atoms with Gasteiger partial charge in [-0.3, -0.25) is 14.6 Å². The number of carbonyl (C=O) groups is 1. The molecule has 1 N–H and O–H groups in total. The number of unbranched alkanes of at least 4 members (excludes halogenated alkanes) is 2. The van der Waals surface area contributed by atoms with E-state index in [4.69, 9.17) is 4.74 Å². The van der Waals surface area contributed by atoms with Crippen molar-refractivity contribution < 1.29 is 9.53 Å². The monoisotopic (exact) mass is 462 g/mol. The van der Waals surface area contributed by atoms with Crippen LogP contribution in [0.5, 0.6) is 5.75 Å². The molecule has 34 heavy (non-hydrogen) atoms. The Balaban J connectivity index is 1.50. The van der Waals surface area contributed by atoms with Gasteiger partial charge in [-0.15, -0.1) is 0 Å². The Bertz CT molecular complexity index is 959. The van der Waals surface area contributed by atoms with E-state index in [1.165, 1.54) is 31.7 Å². The van der Waals surface area contributed by atoms with Gasteiger partial charge in [0.05, 0.1) is 11.6 Å². The summed E-state index contributed by atoms with van der Waals surface area (Å²) in [6, 6.07) is 16.6. The van der Waals surface area contributed by atoms with Crippen molar-refractivity contribution in [3.8, 4) is 11.8 Å². The van der Waals surface area contributed by atoms with Gasteiger partial charge in [-0.05, 0) is 54.8 Å². The van der Waals surface area contributed by atoms with Crippen LogP contribution >= 0.6 is 0 Å². The summed E-state index contributed by atoms with van der Waals surface area (Å²) in [4.78, 5) is 16.2. The molecule has 1 unspecified atom stereocenters. The molecule has 1 amide bonds. The van der Waals surface area contributed by atoms with Crippen LogP contribution in [0.15, 0.2) is 42.5 Å². The number of ether oxygens (including phenoxy) is 1. The van der Waals surface area contributed by atoms with E-state index in [1.54, 1.807) is 0 Å². The van der Waals surface area contributed by atoms with Crippen molar-refractivity contribution in [1.82, 2.24) is 9.80 Å². The molecule has 1 saturated heterocycles. The minimum Gasteiger partial charge on any atom is -0.492 e. The van der Waals surface area contributed by atoms with Gasteiger partial charge in [-0.1, -0.05) is 38.3 Å². The highest BCUT2D eigenvalue weighted by Gasteiger charge is 2.25. The molecule has 1 heterocycles. The summed E-state index contributed by atoms with van der Waals surface area (Å²) in [5.41, 5.74) is 3.96. The van der Waals surface area contributed by atoms with Crippen molar-refractivity contribution in [2.75, 3.05) is 44.6 Å². The van der Waals surface area contributed by atoms with Gasteiger partial charge >= 0.3 is 0 Å². The Kier molecular flexibility index (Phi) is 9.93. The second-order valence-electron chi connectivity index (χ2n) is 9.13. The van der Waals surface area contributed by atoms with E-state index in [0.29, 0.717) is 12.6 Å². The van der Waals surface area contributed by atoms with Gasteiger partial charge in [0.15, 0.2) is 0 Å². The lowest BCUT2D eigenvalue weighted by Crippen LogP contribution is -2.48. The number of carbonyl (C=O) groups excluding carboxylic acids is 1. The number of nitrogens with zero attached hydrogens (tertiary/aromatic N) is 3. The normalized spacial score (nSPS) is 15.5. The number of rotatable bonds is 11. The van der Waals surface area contributed by atoms with Crippen LogP contribution in [0.2, 0.25) is 0 Å². The third-order valence-corrected chi connectivity index (χ3v) is 6.54. The van der Waals surface area contributed by atoms with Crippen LogP contribution in [0.4, 0.5) is 5.69 Å². The number of nitrogens with one attached hydrogen (secondary N) is 1. The molecule has 6 heteroatoms. The van der Waals surface area contributed by atoms with E-state index >= 15 is 0 Å². The molecule has 182 valence electrons. The van der Waals surface area contributed by atoms with Crippen molar-refractivity contribution in [3.63, 3.8) is 0 Å². The summed E-state index contributed by atoms with van der Waals surface area (Å²) >= 11 is 0. The largest absolute Gasteiger partial charge is 0.492 e. The first-order valence-electron chi connectivity index (χ1n) is 12.5. The minimum absolute atomic E-state index is 0.0743. The first kappa shape index (κ1) is 25.7. The summed E-state index contributed by atoms with van der Waals surface area (Å²) in [5.74, 6) is 0.745. The van der Waals surface area contributed by atoms with Gasteiger partial charge in [0.2, 0.25) is 5.91 Å². The molecule has 1 fully saturated rings.